The molecule has 2 saturated heterocycles. The Hall–Kier alpha value is -3.95. The van der Waals surface area contributed by atoms with Gasteiger partial charge in [0.05, 0.1) is 18.4 Å². The average molecular weight is 551 g/mol. The molecule has 2 N–H and O–H groups in total. The minimum atomic E-state index is -1.01. The number of nitrogens with one attached hydrogen (secondary N) is 1. The van der Waals surface area contributed by atoms with Crippen LogP contribution in [-0.2, 0) is 25.7 Å². The lowest BCUT2D eigenvalue weighted by molar-refractivity contribution is -0.138. The molecule has 10 nitrogen and oxygen atoms in total. The molecule has 0 radical (unpaired) electrons. The summed E-state index contributed by atoms with van der Waals surface area (Å²) in [4.78, 5) is 57.4. The Morgan fingerprint density at radius 2 is 1.77 bits per heavy atom. The fourth-order valence-corrected chi connectivity index (χ4v) is 5.42. The predicted molar refractivity (Wildman–Crippen MR) is 147 cm³/mol. The zero-order chi connectivity index (χ0) is 28.3. The molecule has 1 aromatic carbocycles. The number of pyridine rings is 1. The zero-order valence-corrected chi connectivity index (χ0v) is 22.7. The molecule has 4 rings (SSSR count). The second-order valence-corrected chi connectivity index (χ2v) is 10.6. The molecule has 2 aliphatic rings. The lowest BCUT2D eigenvalue weighted by Gasteiger charge is -2.34. The summed E-state index contributed by atoms with van der Waals surface area (Å²) in [5, 5.41) is 12.2. The van der Waals surface area contributed by atoms with Gasteiger partial charge in [-0.2, -0.15) is 0 Å². The highest BCUT2D eigenvalue weighted by molar-refractivity contribution is 5.82. The second-order valence-electron chi connectivity index (χ2n) is 10.6. The van der Waals surface area contributed by atoms with E-state index in [1.807, 2.05) is 30.3 Å². The van der Waals surface area contributed by atoms with Crippen LogP contribution in [0.15, 0.2) is 54.9 Å². The Labute approximate surface area is 234 Å². The smallest absolute Gasteiger partial charge is 0.410 e. The Morgan fingerprint density at radius 1 is 1.00 bits per heavy atom. The van der Waals surface area contributed by atoms with Gasteiger partial charge in [0.2, 0.25) is 11.8 Å². The molecule has 214 valence electrons. The van der Waals surface area contributed by atoms with E-state index >= 15 is 0 Å². The summed E-state index contributed by atoms with van der Waals surface area (Å²) in [5.41, 5.74) is 1.59. The summed E-state index contributed by atoms with van der Waals surface area (Å²) < 4.78 is 5.44. The first-order valence-electron chi connectivity index (χ1n) is 14.0. The molecular weight excluding hydrogens is 512 g/mol. The van der Waals surface area contributed by atoms with Crippen LogP contribution >= 0.6 is 0 Å². The molecule has 3 amide bonds. The Bertz CT molecular complexity index is 1140. The molecule has 0 aliphatic carbocycles. The highest BCUT2D eigenvalue weighted by atomic mass is 16.6. The third kappa shape index (κ3) is 8.53. The van der Waals surface area contributed by atoms with Gasteiger partial charge in [-0.1, -0.05) is 36.4 Å². The Balaban J connectivity index is 1.19. The van der Waals surface area contributed by atoms with Crippen molar-refractivity contribution >= 4 is 23.9 Å². The lowest BCUT2D eigenvalue weighted by Crippen LogP contribution is -2.46. The van der Waals surface area contributed by atoms with E-state index in [4.69, 9.17) is 4.74 Å². The fraction of sp³-hybridized carbons (Fsp3) is 0.500. The van der Waals surface area contributed by atoms with Crippen molar-refractivity contribution in [1.29, 1.82) is 0 Å². The molecule has 2 atom stereocenters. The van der Waals surface area contributed by atoms with E-state index in [9.17, 15) is 24.3 Å². The number of rotatable bonds is 10. The van der Waals surface area contributed by atoms with E-state index in [1.54, 1.807) is 34.3 Å². The van der Waals surface area contributed by atoms with Crippen LogP contribution in [0.2, 0.25) is 0 Å². The number of piperidine rings is 2. The normalized spacial score (nSPS) is 18.6. The zero-order valence-electron chi connectivity index (χ0n) is 22.7. The van der Waals surface area contributed by atoms with Crippen LogP contribution in [0.3, 0.4) is 0 Å². The number of ether oxygens (including phenoxy) is 1. The van der Waals surface area contributed by atoms with Crippen molar-refractivity contribution in [2.24, 2.45) is 11.8 Å². The molecule has 0 unspecified atom stereocenters. The van der Waals surface area contributed by atoms with Crippen molar-refractivity contribution in [2.45, 2.75) is 57.6 Å². The number of likely N-dealkylation sites (tertiary alicyclic amines) is 2. The lowest BCUT2D eigenvalue weighted by atomic mass is 9.91. The minimum Gasteiger partial charge on any atom is -0.481 e. The van der Waals surface area contributed by atoms with Gasteiger partial charge in [0.25, 0.3) is 0 Å². The van der Waals surface area contributed by atoms with E-state index in [-0.39, 0.29) is 36.9 Å². The molecule has 2 fully saturated rings. The number of aromatic nitrogens is 1. The molecule has 1 aromatic heterocycles. The summed E-state index contributed by atoms with van der Waals surface area (Å²) in [7, 11) is 0. The molecule has 2 aromatic rings. The van der Waals surface area contributed by atoms with Gasteiger partial charge in [-0.15, -0.1) is 0 Å². The topological polar surface area (TPSA) is 129 Å². The maximum atomic E-state index is 13.0. The first-order chi connectivity index (χ1) is 19.4. The number of benzene rings is 1. The van der Waals surface area contributed by atoms with E-state index < -0.39 is 12.0 Å². The van der Waals surface area contributed by atoms with E-state index in [1.165, 1.54) is 0 Å². The Morgan fingerprint density at radius 3 is 2.48 bits per heavy atom. The van der Waals surface area contributed by atoms with Crippen LogP contribution in [-0.4, -0.2) is 69.9 Å². The molecule has 0 spiro atoms. The maximum Gasteiger partial charge on any atom is 0.410 e. The summed E-state index contributed by atoms with van der Waals surface area (Å²) in [6, 6.07) is 12.4. The van der Waals surface area contributed by atoms with Gasteiger partial charge in [0.1, 0.15) is 6.61 Å². The van der Waals surface area contributed by atoms with Crippen LogP contribution in [0.4, 0.5) is 4.79 Å². The SMILES string of the molecule is O=C(O)C[C@H](NC(=O)[C@@H]1CCCN(C(=O)CCC2CCN(C(=O)OCc3ccccc3)CC2)C1)c1cccnc1. The summed E-state index contributed by atoms with van der Waals surface area (Å²) in [6.45, 7) is 2.45. The van der Waals surface area contributed by atoms with Crippen LogP contribution in [0.25, 0.3) is 0 Å². The molecule has 0 bridgehead atoms. The van der Waals surface area contributed by atoms with Crippen molar-refractivity contribution in [3.63, 3.8) is 0 Å². The number of amides is 3. The fourth-order valence-electron chi connectivity index (χ4n) is 5.42. The first-order valence-corrected chi connectivity index (χ1v) is 14.0. The molecule has 40 heavy (non-hydrogen) atoms. The van der Waals surface area contributed by atoms with E-state index in [0.29, 0.717) is 50.5 Å². The third-order valence-electron chi connectivity index (χ3n) is 7.77. The summed E-state index contributed by atoms with van der Waals surface area (Å²) in [5.74, 6) is -1.22. The predicted octanol–water partition coefficient (Wildman–Crippen LogP) is 3.78. The quantitative estimate of drug-likeness (QED) is 0.461. The van der Waals surface area contributed by atoms with Crippen molar-refractivity contribution < 1.29 is 29.0 Å². The Kier molecular flexibility index (Phi) is 10.5. The summed E-state index contributed by atoms with van der Waals surface area (Å²) in [6.07, 6.45) is 6.82. The minimum absolute atomic E-state index is 0.0385. The summed E-state index contributed by atoms with van der Waals surface area (Å²) >= 11 is 0. The number of hydrogen-bond acceptors (Lipinski definition) is 6. The molecule has 2 aliphatic heterocycles. The van der Waals surface area contributed by atoms with Gasteiger partial charge in [0.15, 0.2) is 0 Å². The first kappa shape index (κ1) is 29.0. The van der Waals surface area contributed by atoms with Crippen LogP contribution in [0.5, 0.6) is 0 Å². The highest BCUT2D eigenvalue weighted by Crippen LogP contribution is 2.25. The number of carboxylic acid groups (broad SMARTS) is 1. The molecule has 10 heteroatoms. The second kappa shape index (κ2) is 14.4. The van der Waals surface area contributed by atoms with Gasteiger partial charge >= 0.3 is 12.1 Å². The number of carbonyl (C=O) groups is 4. The number of carboxylic acids is 1. The third-order valence-corrected chi connectivity index (χ3v) is 7.77. The number of aliphatic carboxylic acids is 1. The number of nitrogens with zero attached hydrogens (tertiary/aromatic N) is 3. The largest absolute Gasteiger partial charge is 0.481 e. The maximum absolute atomic E-state index is 13.0. The van der Waals surface area contributed by atoms with Crippen LogP contribution in [0.1, 0.15) is 62.1 Å². The van der Waals surface area contributed by atoms with E-state index in [2.05, 4.69) is 10.3 Å². The number of hydrogen-bond donors (Lipinski definition) is 2. The molecule has 0 saturated carbocycles. The van der Waals surface area contributed by atoms with Crippen molar-refractivity contribution in [2.75, 3.05) is 26.2 Å². The highest BCUT2D eigenvalue weighted by Gasteiger charge is 2.31. The van der Waals surface area contributed by atoms with Crippen LogP contribution in [0, 0.1) is 11.8 Å². The van der Waals surface area contributed by atoms with Gasteiger partial charge in [-0.05, 0) is 55.2 Å². The number of carbonyl (C=O) groups excluding carboxylic acids is 3. The van der Waals surface area contributed by atoms with Crippen molar-refractivity contribution in [1.82, 2.24) is 20.1 Å². The molecular formula is C30H38N4O6. The molecule has 3 heterocycles. The van der Waals surface area contributed by atoms with Gasteiger partial charge < -0.3 is 25.0 Å². The van der Waals surface area contributed by atoms with Gasteiger partial charge in [-0.25, -0.2) is 4.79 Å². The monoisotopic (exact) mass is 550 g/mol. The van der Waals surface area contributed by atoms with Gasteiger partial charge in [0, 0.05) is 45.0 Å². The average Bonchev–Trinajstić information content (AvgIpc) is 2.99. The van der Waals surface area contributed by atoms with E-state index in [0.717, 1.165) is 31.2 Å². The van der Waals surface area contributed by atoms with Gasteiger partial charge in [-0.3, -0.25) is 19.4 Å². The van der Waals surface area contributed by atoms with Crippen molar-refractivity contribution in [3.8, 4) is 0 Å². The van der Waals surface area contributed by atoms with Crippen molar-refractivity contribution in [3.05, 3.63) is 66.0 Å². The van der Waals surface area contributed by atoms with Crippen LogP contribution < -0.4 is 5.32 Å². The standard InChI is InChI=1S/C30H38N4O6/c35-27(11-10-22-12-16-33(17-13-22)30(39)40-21-23-6-2-1-3-7-23)34-15-5-9-25(20-34)29(38)32-26(18-28(36)37)24-8-4-14-31-19-24/h1-4,6-8,14,19,22,25-26H,5,9-13,15-18,20-21H2,(H,32,38)(H,36,37)/t25-,26+/m1/s1.